The van der Waals surface area contributed by atoms with E-state index in [1.165, 1.54) is 5.56 Å². The molecule has 4 heteroatoms. The summed E-state index contributed by atoms with van der Waals surface area (Å²) in [4.78, 5) is 25.6. The molecular weight excluding hydrogens is 324 g/mol. The molecule has 0 saturated heterocycles. The number of rotatable bonds is 6. The van der Waals surface area contributed by atoms with Gasteiger partial charge in [0.25, 0.3) is 0 Å². The number of nitrogens with one attached hydrogen (secondary N) is 2. The third-order valence-electron chi connectivity index (χ3n) is 5.88. The lowest BCUT2D eigenvalue weighted by Gasteiger charge is -2.30. The minimum atomic E-state index is -0.526. The van der Waals surface area contributed by atoms with Crippen LogP contribution in [0.3, 0.4) is 0 Å². The molecule has 0 aliphatic heterocycles. The lowest BCUT2D eigenvalue weighted by atomic mass is 9.80. The Kier molecular flexibility index (Phi) is 5.14. The van der Waals surface area contributed by atoms with Gasteiger partial charge in [-0.2, -0.15) is 0 Å². The maximum Gasteiger partial charge on any atom is 0.226 e. The average molecular weight is 357 g/mol. The summed E-state index contributed by atoms with van der Waals surface area (Å²) in [6, 6.07) is 10.5. The zero-order valence-corrected chi connectivity index (χ0v) is 16.4. The second-order valence-corrected chi connectivity index (χ2v) is 9.29. The molecule has 2 N–H and O–H groups in total. The standard InChI is InChI=1S/C22H32N2O2/c1-20(2,3)24-18(25)15-21(11-7-8-12-21)19(26)23-16-22(13-14-22)17-9-5-4-6-10-17/h4-6,9-10H,7-8,11-16H2,1-3H3,(H,23,26)(H,24,25). The van der Waals surface area contributed by atoms with Gasteiger partial charge in [-0.15, -0.1) is 0 Å². The average Bonchev–Trinajstić information content (AvgIpc) is 3.23. The van der Waals surface area contributed by atoms with Crippen molar-refractivity contribution in [3.05, 3.63) is 35.9 Å². The lowest BCUT2D eigenvalue weighted by Crippen LogP contribution is -2.47. The van der Waals surface area contributed by atoms with Crippen molar-refractivity contribution >= 4 is 11.8 Å². The van der Waals surface area contributed by atoms with Crippen molar-refractivity contribution in [3.63, 3.8) is 0 Å². The first-order valence-electron chi connectivity index (χ1n) is 9.90. The predicted molar refractivity (Wildman–Crippen MR) is 104 cm³/mol. The highest BCUT2D eigenvalue weighted by Crippen LogP contribution is 2.48. The monoisotopic (exact) mass is 356 g/mol. The molecule has 2 aliphatic carbocycles. The third-order valence-corrected chi connectivity index (χ3v) is 5.88. The number of amides is 2. The first-order valence-corrected chi connectivity index (χ1v) is 9.90. The van der Waals surface area contributed by atoms with Crippen molar-refractivity contribution < 1.29 is 9.59 Å². The van der Waals surface area contributed by atoms with Crippen molar-refractivity contribution in [2.24, 2.45) is 5.41 Å². The number of hydrogen-bond acceptors (Lipinski definition) is 2. The normalized spacial score (nSPS) is 20.4. The molecule has 2 aliphatic rings. The summed E-state index contributed by atoms with van der Waals surface area (Å²) in [6.45, 7) is 6.60. The maximum atomic E-state index is 13.1. The van der Waals surface area contributed by atoms with Gasteiger partial charge in [-0.3, -0.25) is 9.59 Å². The molecule has 0 radical (unpaired) electrons. The molecule has 2 amide bonds. The Hall–Kier alpha value is -1.84. The molecule has 142 valence electrons. The van der Waals surface area contributed by atoms with E-state index in [2.05, 4.69) is 34.9 Å². The van der Waals surface area contributed by atoms with E-state index in [0.717, 1.165) is 38.5 Å². The molecule has 3 rings (SSSR count). The molecule has 0 aromatic heterocycles. The molecule has 0 bridgehead atoms. The Labute approximate surface area is 157 Å². The minimum Gasteiger partial charge on any atom is -0.355 e. The van der Waals surface area contributed by atoms with Crippen LogP contribution in [0, 0.1) is 5.41 Å². The van der Waals surface area contributed by atoms with E-state index in [9.17, 15) is 9.59 Å². The van der Waals surface area contributed by atoms with Crippen LogP contribution >= 0.6 is 0 Å². The van der Waals surface area contributed by atoms with E-state index in [1.807, 2.05) is 26.8 Å². The summed E-state index contributed by atoms with van der Waals surface area (Å²) < 4.78 is 0. The zero-order chi connectivity index (χ0) is 18.8. The molecule has 0 unspecified atom stereocenters. The van der Waals surface area contributed by atoms with Crippen LogP contribution in [0.15, 0.2) is 30.3 Å². The largest absolute Gasteiger partial charge is 0.355 e. The third kappa shape index (κ3) is 4.28. The van der Waals surface area contributed by atoms with E-state index in [-0.39, 0.29) is 22.8 Å². The molecule has 4 nitrogen and oxygen atoms in total. The van der Waals surface area contributed by atoms with Gasteiger partial charge in [0, 0.05) is 23.9 Å². The number of benzene rings is 1. The van der Waals surface area contributed by atoms with Crippen molar-refractivity contribution in [3.8, 4) is 0 Å². The Bertz CT molecular complexity index is 650. The van der Waals surface area contributed by atoms with Gasteiger partial charge < -0.3 is 10.6 Å². The maximum absolute atomic E-state index is 13.1. The van der Waals surface area contributed by atoms with Gasteiger partial charge in [-0.05, 0) is 52.0 Å². The molecule has 1 aromatic rings. The Morgan fingerprint density at radius 2 is 1.62 bits per heavy atom. The molecule has 0 atom stereocenters. The summed E-state index contributed by atoms with van der Waals surface area (Å²) in [6.07, 6.45) is 6.22. The number of hydrogen-bond donors (Lipinski definition) is 2. The summed E-state index contributed by atoms with van der Waals surface area (Å²) in [5.74, 6) is 0.0556. The minimum absolute atomic E-state index is 0.0151. The second kappa shape index (κ2) is 7.05. The fourth-order valence-corrected chi connectivity index (χ4v) is 4.25. The fraction of sp³-hybridized carbons (Fsp3) is 0.636. The summed E-state index contributed by atoms with van der Waals surface area (Å²) >= 11 is 0. The van der Waals surface area contributed by atoms with Crippen LogP contribution in [-0.4, -0.2) is 23.9 Å². The second-order valence-electron chi connectivity index (χ2n) is 9.29. The topological polar surface area (TPSA) is 58.2 Å². The van der Waals surface area contributed by atoms with Crippen molar-refractivity contribution in [2.75, 3.05) is 6.54 Å². The highest BCUT2D eigenvalue weighted by atomic mass is 16.2. The van der Waals surface area contributed by atoms with E-state index in [0.29, 0.717) is 13.0 Å². The summed E-state index contributed by atoms with van der Waals surface area (Å²) in [7, 11) is 0. The molecule has 0 spiro atoms. The summed E-state index contributed by atoms with van der Waals surface area (Å²) in [5, 5.41) is 6.23. The Balaban J connectivity index is 1.63. The number of carbonyl (C=O) groups excluding carboxylic acids is 2. The van der Waals surface area contributed by atoms with E-state index in [1.54, 1.807) is 0 Å². The molecule has 0 heterocycles. The lowest BCUT2D eigenvalue weighted by molar-refractivity contribution is -0.137. The van der Waals surface area contributed by atoms with Crippen molar-refractivity contribution in [1.82, 2.24) is 10.6 Å². The van der Waals surface area contributed by atoms with Crippen LogP contribution in [0.4, 0.5) is 0 Å². The Morgan fingerprint density at radius 3 is 2.15 bits per heavy atom. The van der Waals surface area contributed by atoms with Crippen LogP contribution in [0.2, 0.25) is 0 Å². The fourth-order valence-electron chi connectivity index (χ4n) is 4.25. The Morgan fingerprint density at radius 1 is 1.00 bits per heavy atom. The zero-order valence-electron chi connectivity index (χ0n) is 16.4. The van der Waals surface area contributed by atoms with Gasteiger partial charge in [-0.25, -0.2) is 0 Å². The highest BCUT2D eigenvalue weighted by Gasteiger charge is 2.47. The predicted octanol–water partition coefficient (Wildman–Crippen LogP) is 3.70. The van der Waals surface area contributed by atoms with E-state index in [4.69, 9.17) is 0 Å². The van der Waals surface area contributed by atoms with Crippen LogP contribution in [-0.2, 0) is 15.0 Å². The van der Waals surface area contributed by atoms with Gasteiger partial charge in [0.15, 0.2) is 0 Å². The first kappa shape index (κ1) is 18.9. The van der Waals surface area contributed by atoms with E-state index < -0.39 is 5.41 Å². The molecular formula is C22H32N2O2. The van der Waals surface area contributed by atoms with Crippen LogP contribution in [0.5, 0.6) is 0 Å². The van der Waals surface area contributed by atoms with Crippen molar-refractivity contribution in [1.29, 1.82) is 0 Å². The first-order chi connectivity index (χ1) is 12.2. The van der Waals surface area contributed by atoms with Gasteiger partial charge in [-0.1, -0.05) is 43.2 Å². The molecule has 1 aromatic carbocycles. The van der Waals surface area contributed by atoms with Crippen LogP contribution in [0.1, 0.15) is 71.3 Å². The smallest absolute Gasteiger partial charge is 0.226 e. The quantitative estimate of drug-likeness (QED) is 0.816. The van der Waals surface area contributed by atoms with Gasteiger partial charge in [0.2, 0.25) is 11.8 Å². The van der Waals surface area contributed by atoms with Gasteiger partial charge >= 0.3 is 0 Å². The van der Waals surface area contributed by atoms with E-state index >= 15 is 0 Å². The molecule has 2 fully saturated rings. The molecule has 26 heavy (non-hydrogen) atoms. The highest BCUT2D eigenvalue weighted by molar-refractivity contribution is 5.89. The van der Waals surface area contributed by atoms with Crippen molar-refractivity contribution in [2.45, 2.75) is 76.7 Å². The number of carbonyl (C=O) groups is 2. The van der Waals surface area contributed by atoms with Crippen LogP contribution in [0.25, 0.3) is 0 Å². The molecule has 2 saturated carbocycles. The summed E-state index contributed by atoms with van der Waals surface area (Å²) in [5.41, 5.74) is 0.622. The van der Waals surface area contributed by atoms with Gasteiger partial charge in [0.05, 0.1) is 5.41 Å². The van der Waals surface area contributed by atoms with Gasteiger partial charge in [0.1, 0.15) is 0 Å². The van der Waals surface area contributed by atoms with Crippen LogP contribution < -0.4 is 10.6 Å². The SMILES string of the molecule is CC(C)(C)NC(=O)CC1(C(=O)NCC2(c3ccccc3)CC2)CCCC1.